The van der Waals surface area contributed by atoms with E-state index >= 15 is 0 Å². The van der Waals surface area contributed by atoms with Gasteiger partial charge in [-0.3, -0.25) is 10.2 Å². The second-order valence-corrected chi connectivity index (χ2v) is 3.31. The van der Waals surface area contributed by atoms with Crippen LogP contribution in [0, 0.1) is 0 Å². The maximum Gasteiger partial charge on any atom is 0.329 e. The highest BCUT2D eigenvalue weighted by Gasteiger charge is 2.08. The summed E-state index contributed by atoms with van der Waals surface area (Å²) in [6.45, 7) is 1.76. The van der Waals surface area contributed by atoms with Gasteiger partial charge in [-0.25, -0.2) is 9.80 Å². The smallest absolute Gasteiger partial charge is 0.329 e. The van der Waals surface area contributed by atoms with Crippen molar-refractivity contribution in [3.05, 3.63) is 0 Å². The van der Waals surface area contributed by atoms with Crippen molar-refractivity contribution < 1.29 is 14.7 Å². The monoisotopic (exact) mass is 203 g/mol. The summed E-state index contributed by atoms with van der Waals surface area (Å²) in [5, 5.41) is 12.5. The Morgan fingerprint density at radius 1 is 1.43 bits per heavy atom. The Bertz CT molecular complexity index is 206. The highest BCUT2D eigenvalue weighted by molar-refractivity contribution is 5.73. The van der Waals surface area contributed by atoms with Gasteiger partial charge in [0.05, 0.1) is 0 Å². The largest absolute Gasteiger partial charge is 0.481 e. The zero-order valence-electron chi connectivity index (χ0n) is 8.70. The van der Waals surface area contributed by atoms with E-state index in [1.54, 1.807) is 21.0 Å². The molecule has 0 aliphatic carbocycles. The van der Waals surface area contributed by atoms with Crippen LogP contribution < -0.4 is 10.7 Å². The summed E-state index contributed by atoms with van der Waals surface area (Å²) < 4.78 is 0. The maximum atomic E-state index is 11.1. The minimum atomic E-state index is -0.855. The predicted molar refractivity (Wildman–Crippen MR) is 51.7 cm³/mol. The molecular weight excluding hydrogens is 186 g/mol. The van der Waals surface area contributed by atoms with Gasteiger partial charge in [0.25, 0.3) is 0 Å². The van der Waals surface area contributed by atoms with Gasteiger partial charge in [-0.15, -0.1) is 0 Å². The number of carbonyl (C=O) groups excluding carboxylic acids is 1. The third-order valence-corrected chi connectivity index (χ3v) is 1.49. The van der Waals surface area contributed by atoms with E-state index in [1.165, 1.54) is 5.01 Å². The number of amides is 2. The summed E-state index contributed by atoms with van der Waals surface area (Å²) in [5.74, 6) is -0.855. The molecule has 0 radical (unpaired) electrons. The van der Waals surface area contributed by atoms with Gasteiger partial charge in [0.2, 0.25) is 0 Å². The number of aliphatic carboxylic acids is 1. The van der Waals surface area contributed by atoms with E-state index in [2.05, 4.69) is 10.7 Å². The van der Waals surface area contributed by atoms with E-state index in [-0.39, 0.29) is 18.5 Å². The molecule has 6 heteroatoms. The highest BCUT2D eigenvalue weighted by atomic mass is 16.4. The van der Waals surface area contributed by atoms with E-state index < -0.39 is 5.97 Å². The summed E-state index contributed by atoms with van der Waals surface area (Å²) in [6, 6.07) is -0.473. The van der Waals surface area contributed by atoms with Gasteiger partial charge in [-0.1, -0.05) is 0 Å². The third kappa shape index (κ3) is 7.35. The molecule has 0 aliphatic heterocycles. The molecular formula is C8H17N3O3. The van der Waals surface area contributed by atoms with Crippen molar-refractivity contribution in [2.75, 3.05) is 14.1 Å². The second-order valence-electron chi connectivity index (χ2n) is 3.31. The molecule has 0 bridgehead atoms. The number of urea groups is 1. The van der Waals surface area contributed by atoms with Crippen molar-refractivity contribution >= 4 is 12.0 Å². The summed E-state index contributed by atoms with van der Waals surface area (Å²) in [7, 11) is 3.39. The molecule has 82 valence electrons. The molecule has 0 aromatic carbocycles. The van der Waals surface area contributed by atoms with Crippen LogP contribution in [0.4, 0.5) is 4.79 Å². The minimum Gasteiger partial charge on any atom is -0.481 e. The topological polar surface area (TPSA) is 81.7 Å². The third-order valence-electron chi connectivity index (χ3n) is 1.49. The summed E-state index contributed by atoms with van der Waals surface area (Å²) in [4.78, 5) is 21.3. The Morgan fingerprint density at radius 3 is 2.43 bits per heavy atom. The normalized spacial score (nSPS) is 12.3. The first-order valence-corrected chi connectivity index (χ1v) is 4.38. The summed E-state index contributed by atoms with van der Waals surface area (Å²) in [5.41, 5.74) is 2.50. The molecule has 0 aliphatic rings. The van der Waals surface area contributed by atoms with Gasteiger partial charge in [-0.2, -0.15) is 0 Å². The van der Waals surface area contributed by atoms with Gasteiger partial charge >= 0.3 is 12.0 Å². The molecule has 0 saturated carbocycles. The van der Waals surface area contributed by atoms with Gasteiger partial charge in [0.1, 0.15) is 0 Å². The van der Waals surface area contributed by atoms with E-state index in [0.29, 0.717) is 6.42 Å². The van der Waals surface area contributed by atoms with E-state index in [0.717, 1.165) is 0 Å². The Balaban J connectivity index is 3.65. The van der Waals surface area contributed by atoms with Crippen LogP contribution >= 0.6 is 0 Å². The van der Waals surface area contributed by atoms with Crippen molar-refractivity contribution in [2.24, 2.45) is 0 Å². The summed E-state index contributed by atoms with van der Waals surface area (Å²) >= 11 is 0. The number of hydrazine groups is 1. The second kappa shape index (κ2) is 6.20. The fourth-order valence-electron chi connectivity index (χ4n) is 0.871. The molecule has 2 amide bonds. The molecule has 1 unspecified atom stereocenters. The van der Waals surface area contributed by atoms with Crippen molar-refractivity contribution in [1.29, 1.82) is 0 Å². The number of hydrogen-bond donors (Lipinski definition) is 3. The lowest BCUT2D eigenvalue weighted by Crippen LogP contribution is -2.46. The van der Waals surface area contributed by atoms with Crippen LogP contribution in [0.15, 0.2) is 0 Å². The van der Waals surface area contributed by atoms with Crippen molar-refractivity contribution in [2.45, 2.75) is 25.8 Å². The molecule has 3 N–H and O–H groups in total. The molecule has 6 nitrogen and oxygen atoms in total. The van der Waals surface area contributed by atoms with Gasteiger partial charge in [-0.05, 0) is 13.3 Å². The molecule has 14 heavy (non-hydrogen) atoms. The van der Waals surface area contributed by atoms with E-state index in [9.17, 15) is 9.59 Å². The Morgan fingerprint density at radius 2 is 2.00 bits per heavy atom. The van der Waals surface area contributed by atoms with Crippen LogP contribution in [-0.2, 0) is 4.79 Å². The Labute approximate surface area is 83.2 Å². The minimum absolute atomic E-state index is 0.0589. The average Bonchev–Trinajstić information content (AvgIpc) is 1.98. The van der Waals surface area contributed by atoms with Crippen LogP contribution in [0.3, 0.4) is 0 Å². The molecule has 0 heterocycles. The van der Waals surface area contributed by atoms with Gasteiger partial charge in [0.15, 0.2) is 0 Å². The highest BCUT2D eigenvalue weighted by Crippen LogP contribution is 1.95. The standard InChI is InChI=1S/C8H17N3O3/c1-6(4-5-7(12)13)9-8(14)10-11(2)3/h6H,4-5H2,1-3H3,(H,12,13)(H2,9,10,14). The molecule has 0 spiro atoms. The lowest BCUT2D eigenvalue weighted by atomic mass is 10.2. The molecule has 0 fully saturated rings. The number of rotatable bonds is 5. The fourth-order valence-corrected chi connectivity index (χ4v) is 0.871. The lowest BCUT2D eigenvalue weighted by Gasteiger charge is -2.16. The van der Waals surface area contributed by atoms with Crippen molar-refractivity contribution in [3.63, 3.8) is 0 Å². The van der Waals surface area contributed by atoms with Crippen LogP contribution in [0.25, 0.3) is 0 Å². The number of hydrogen-bond acceptors (Lipinski definition) is 3. The molecule has 0 rings (SSSR count). The molecule has 0 saturated heterocycles. The van der Waals surface area contributed by atoms with Crippen molar-refractivity contribution in [1.82, 2.24) is 15.8 Å². The molecule has 0 aromatic heterocycles. The zero-order valence-corrected chi connectivity index (χ0v) is 8.70. The lowest BCUT2D eigenvalue weighted by molar-refractivity contribution is -0.137. The van der Waals surface area contributed by atoms with Crippen LogP contribution in [-0.4, -0.2) is 42.3 Å². The first-order valence-electron chi connectivity index (χ1n) is 4.38. The van der Waals surface area contributed by atoms with Crippen molar-refractivity contribution in [3.8, 4) is 0 Å². The quantitative estimate of drug-likeness (QED) is 0.550. The van der Waals surface area contributed by atoms with Crippen LogP contribution in [0.5, 0.6) is 0 Å². The summed E-state index contributed by atoms with van der Waals surface area (Å²) in [6.07, 6.45) is 0.486. The number of carboxylic acid groups (broad SMARTS) is 1. The van der Waals surface area contributed by atoms with Crippen LogP contribution in [0.2, 0.25) is 0 Å². The van der Waals surface area contributed by atoms with Gasteiger partial charge < -0.3 is 10.4 Å². The number of carbonyl (C=O) groups is 2. The number of nitrogens with one attached hydrogen (secondary N) is 2. The SMILES string of the molecule is CC(CCC(=O)O)NC(=O)NN(C)C. The van der Waals surface area contributed by atoms with Gasteiger partial charge in [0, 0.05) is 26.6 Å². The number of carboxylic acids is 1. The average molecular weight is 203 g/mol. The maximum absolute atomic E-state index is 11.1. The first kappa shape index (κ1) is 12.7. The zero-order chi connectivity index (χ0) is 11.1. The van der Waals surface area contributed by atoms with E-state index in [1.807, 2.05) is 0 Å². The van der Waals surface area contributed by atoms with Crippen LogP contribution in [0.1, 0.15) is 19.8 Å². The Hall–Kier alpha value is -1.30. The Kier molecular flexibility index (Phi) is 5.62. The van der Waals surface area contributed by atoms with E-state index in [4.69, 9.17) is 5.11 Å². The molecule has 0 aromatic rings. The predicted octanol–water partition coefficient (Wildman–Crippen LogP) is 0.0155. The number of nitrogens with zero attached hydrogens (tertiary/aromatic N) is 1. The fraction of sp³-hybridized carbons (Fsp3) is 0.750. The first-order chi connectivity index (χ1) is 6.41. The molecule has 1 atom stereocenters.